The number of alkyl halides is 3. The SMILES string of the molecule is NCC[N+]1(OC(=O)C(F)(F)F)CCNCC1. The number of nitrogens with zero attached hydrogens (tertiary/aromatic N) is 1. The Kier molecular flexibility index (Phi) is 4.11. The maximum atomic E-state index is 12.1. The standard InChI is InChI=1S/C8H15F3N3O2/c9-8(10,11)7(15)16-14(4-1-12)5-2-13-3-6-14/h13H,1-6,12H2/q+1. The molecule has 0 amide bonds. The number of piperazine rings is 1. The maximum absolute atomic E-state index is 12.1. The second-order valence-corrected chi connectivity index (χ2v) is 3.64. The highest BCUT2D eigenvalue weighted by Crippen LogP contribution is 2.20. The molecule has 0 aromatic rings. The third-order valence-corrected chi connectivity index (χ3v) is 2.44. The van der Waals surface area contributed by atoms with Crippen molar-refractivity contribution in [2.24, 2.45) is 5.73 Å². The minimum Gasteiger partial charge on any atom is -0.325 e. The van der Waals surface area contributed by atoms with Crippen molar-refractivity contribution in [2.45, 2.75) is 6.18 Å². The number of hydrogen-bond donors (Lipinski definition) is 2. The van der Waals surface area contributed by atoms with Crippen molar-refractivity contribution in [3.8, 4) is 0 Å². The van der Waals surface area contributed by atoms with E-state index in [1.807, 2.05) is 0 Å². The molecule has 0 atom stereocenters. The van der Waals surface area contributed by atoms with Crippen molar-refractivity contribution in [3.05, 3.63) is 0 Å². The van der Waals surface area contributed by atoms with Gasteiger partial charge in [-0.2, -0.15) is 13.2 Å². The van der Waals surface area contributed by atoms with E-state index in [-0.39, 0.29) is 17.7 Å². The van der Waals surface area contributed by atoms with Gasteiger partial charge in [0.25, 0.3) is 0 Å². The summed E-state index contributed by atoms with van der Waals surface area (Å²) < 4.78 is 35.9. The average molecular weight is 242 g/mol. The lowest BCUT2D eigenvalue weighted by Crippen LogP contribution is -2.61. The lowest BCUT2D eigenvalue weighted by Gasteiger charge is -2.37. The van der Waals surface area contributed by atoms with Crippen LogP contribution in [0.4, 0.5) is 13.2 Å². The summed E-state index contributed by atoms with van der Waals surface area (Å²) in [5, 5.41) is 2.98. The normalized spacial score (nSPS) is 20.5. The molecule has 1 saturated heterocycles. The van der Waals surface area contributed by atoms with Crippen LogP contribution in [0.5, 0.6) is 0 Å². The van der Waals surface area contributed by atoms with E-state index in [2.05, 4.69) is 10.2 Å². The minimum atomic E-state index is -4.95. The van der Waals surface area contributed by atoms with Crippen LogP contribution in [0.1, 0.15) is 0 Å². The number of carbonyl (C=O) groups excluding carboxylic acids is 1. The zero-order valence-electron chi connectivity index (χ0n) is 8.72. The van der Waals surface area contributed by atoms with E-state index in [0.29, 0.717) is 26.2 Å². The van der Waals surface area contributed by atoms with Gasteiger partial charge in [-0.3, -0.25) is 4.84 Å². The smallest absolute Gasteiger partial charge is 0.325 e. The van der Waals surface area contributed by atoms with Crippen LogP contribution in [0.25, 0.3) is 0 Å². The maximum Gasteiger partial charge on any atom is 0.497 e. The Labute approximate surface area is 90.9 Å². The Morgan fingerprint density at radius 2 is 1.94 bits per heavy atom. The molecule has 0 aromatic carbocycles. The van der Waals surface area contributed by atoms with E-state index in [1.54, 1.807) is 0 Å². The summed E-state index contributed by atoms with van der Waals surface area (Å²) in [4.78, 5) is 15.3. The number of hydrogen-bond acceptors (Lipinski definition) is 4. The Morgan fingerprint density at radius 1 is 1.38 bits per heavy atom. The highest BCUT2D eigenvalue weighted by molar-refractivity contribution is 5.74. The summed E-state index contributed by atoms with van der Waals surface area (Å²) in [5.74, 6) is -2.15. The first-order chi connectivity index (χ1) is 7.40. The van der Waals surface area contributed by atoms with Gasteiger partial charge in [-0.05, 0) is 0 Å². The van der Waals surface area contributed by atoms with Crippen molar-refractivity contribution >= 4 is 5.97 Å². The van der Waals surface area contributed by atoms with Gasteiger partial charge in [0.05, 0.1) is 0 Å². The number of rotatable bonds is 3. The Morgan fingerprint density at radius 3 is 2.38 bits per heavy atom. The van der Waals surface area contributed by atoms with E-state index >= 15 is 0 Å². The molecule has 1 fully saturated rings. The van der Waals surface area contributed by atoms with E-state index < -0.39 is 12.1 Å². The van der Waals surface area contributed by atoms with Gasteiger partial charge >= 0.3 is 12.1 Å². The average Bonchev–Trinajstić information content (AvgIpc) is 2.17. The van der Waals surface area contributed by atoms with Crippen LogP contribution >= 0.6 is 0 Å². The van der Waals surface area contributed by atoms with Crippen LogP contribution in [-0.2, 0) is 9.63 Å². The van der Waals surface area contributed by atoms with Gasteiger partial charge in [0.2, 0.25) is 0 Å². The number of nitrogens with one attached hydrogen (secondary N) is 1. The van der Waals surface area contributed by atoms with Gasteiger partial charge < -0.3 is 11.1 Å². The molecule has 16 heavy (non-hydrogen) atoms. The minimum absolute atomic E-state index is 0.172. The zero-order valence-corrected chi connectivity index (χ0v) is 8.72. The number of quaternary nitrogens is 1. The van der Waals surface area contributed by atoms with Crippen molar-refractivity contribution < 1.29 is 27.4 Å². The molecule has 5 nitrogen and oxygen atoms in total. The predicted octanol–water partition coefficient (Wildman–Crippen LogP) is -0.614. The fourth-order valence-corrected chi connectivity index (χ4v) is 1.63. The molecular formula is C8H15F3N3O2+. The van der Waals surface area contributed by atoms with Crippen LogP contribution in [0.2, 0.25) is 0 Å². The van der Waals surface area contributed by atoms with Crippen molar-refractivity contribution in [2.75, 3.05) is 39.3 Å². The third kappa shape index (κ3) is 3.32. The van der Waals surface area contributed by atoms with Crippen molar-refractivity contribution in [1.82, 2.24) is 5.32 Å². The van der Waals surface area contributed by atoms with E-state index in [9.17, 15) is 18.0 Å². The topological polar surface area (TPSA) is 64.3 Å². The first-order valence-corrected chi connectivity index (χ1v) is 4.97. The molecule has 3 N–H and O–H groups in total. The molecule has 1 aliphatic heterocycles. The Hall–Kier alpha value is -0.860. The zero-order chi connectivity index (χ0) is 12.2. The Balaban J connectivity index is 2.67. The van der Waals surface area contributed by atoms with Crippen LogP contribution in [-0.4, -0.2) is 56.1 Å². The molecule has 0 aliphatic carbocycles. The van der Waals surface area contributed by atoms with E-state index in [1.165, 1.54) is 0 Å². The van der Waals surface area contributed by atoms with Gasteiger partial charge in [0.15, 0.2) is 0 Å². The Bertz CT molecular complexity index is 246. The number of carbonyl (C=O) groups is 1. The summed E-state index contributed by atoms with van der Waals surface area (Å²) >= 11 is 0. The fourth-order valence-electron chi connectivity index (χ4n) is 1.63. The fraction of sp³-hybridized carbons (Fsp3) is 0.875. The molecule has 1 aliphatic rings. The summed E-state index contributed by atoms with van der Waals surface area (Å²) in [6.07, 6.45) is -4.95. The number of halogens is 3. The summed E-state index contributed by atoms with van der Waals surface area (Å²) in [6, 6.07) is 0. The molecule has 0 saturated carbocycles. The van der Waals surface area contributed by atoms with Crippen molar-refractivity contribution in [1.29, 1.82) is 0 Å². The highest BCUT2D eigenvalue weighted by Gasteiger charge is 2.48. The summed E-state index contributed by atoms with van der Waals surface area (Å²) in [7, 11) is 0. The summed E-state index contributed by atoms with van der Waals surface area (Å²) in [6.45, 7) is 1.99. The molecule has 0 unspecified atom stereocenters. The van der Waals surface area contributed by atoms with Crippen LogP contribution in [0.3, 0.4) is 0 Å². The van der Waals surface area contributed by atoms with Crippen molar-refractivity contribution in [3.63, 3.8) is 0 Å². The van der Waals surface area contributed by atoms with Gasteiger partial charge in [-0.25, -0.2) is 4.79 Å². The number of nitrogens with two attached hydrogens (primary N) is 1. The molecule has 0 aromatic heterocycles. The largest absolute Gasteiger partial charge is 0.497 e. The number of hydroxylamine groups is 3. The van der Waals surface area contributed by atoms with Crippen LogP contribution in [0.15, 0.2) is 0 Å². The molecule has 8 heteroatoms. The van der Waals surface area contributed by atoms with Gasteiger partial charge in [-0.1, -0.05) is 0 Å². The highest BCUT2D eigenvalue weighted by atomic mass is 19.4. The molecule has 0 bridgehead atoms. The molecule has 0 radical (unpaired) electrons. The first kappa shape index (κ1) is 13.2. The predicted molar refractivity (Wildman–Crippen MR) is 48.9 cm³/mol. The summed E-state index contributed by atoms with van der Waals surface area (Å²) in [5.41, 5.74) is 5.32. The monoisotopic (exact) mass is 242 g/mol. The lowest BCUT2D eigenvalue weighted by atomic mass is 10.3. The molecule has 0 spiro atoms. The van der Waals surface area contributed by atoms with E-state index in [4.69, 9.17) is 5.73 Å². The first-order valence-electron chi connectivity index (χ1n) is 4.97. The van der Waals surface area contributed by atoms with E-state index in [0.717, 1.165) is 0 Å². The lowest BCUT2D eigenvalue weighted by molar-refractivity contribution is -1.09. The molecule has 1 heterocycles. The second-order valence-electron chi connectivity index (χ2n) is 3.64. The second kappa shape index (κ2) is 4.98. The van der Waals surface area contributed by atoms with Crippen LogP contribution in [0, 0.1) is 0 Å². The quantitative estimate of drug-likeness (QED) is 0.648. The molecule has 94 valence electrons. The molecular weight excluding hydrogens is 227 g/mol. The third-order valence-electron chi connectivity index (χ3n) is 2.44. The molecule has 1 rings (SSSR count). The van der Waals surface area contributed by atoms with Crippen LogP contribution < -0.4 is 11.1 Å². The van der Waals surface area contributed by atoms with Gasteiger partial charge in [0, 0.05) is 19.6 Å². The van der Waals surface area contributed by atoms with Gasteiger partial charge in [0.1, 0.15) is 19.6 Å². The van der Waals surface area contributed by atoms with Gasteiger partial charge in [-0.15, -0.1) is 4.65 Å².